The molecule has 0 saturated heterocycles. The summed E-state index contributed by atoms with van der Waals surface area (Å²) in [6.45, 7) is 0.507. The van der Waals surface area contributed by atoms with Gasteiger partial charge in [0.2, 0.25) is 0 Å². The van der Waals surface area contributed by atoms with E-state index in [9.17, 15) is 4.39 Å². The van der Waals surface area contributed by atoms with Gasteiger partial charge in [-0.05, 0) is 36.4 Å². The quantitative estimate of drug-likeness (QED) is 0.476. The molecular weight excluding hydrogens is 339 g/mol. The van der Waals surface area contributed by atoms with Crippen molar-refractivity contribution in [1.29, 1.82) is 5.41 Å². The zero-order valence-corrected chi connectivity index (χ0v) is 12.7. The van der Waals surface area contributed by atoms with E-state index in [0.717, 1.165) is 4.47 Å². The third-order valence-electron chi connectivity index (χ3n) is 2.65. The summed E-state index contributed by atoms with van der Waals surface area (Å²) >= 11 is 3.35. The third kappa shape index (κ3) is 4.46. The summed E-state index contributed by atoms with van der Waals surface area (Å²) in [5.41, 5.74) is 5.61. The summed E-state index contributed by atoms with van der Waals surface area (Å²) in [5, 5.41) is 7.23. The van der Waals surface area contributed by atoms with Gasteiger partial charge >= 0.3 is 0 Å². The van der Waals surface area contributed by atoms with Crippen molar-refractivity contribution in [1.82, 2.24) is 0 Å². The molecule has 110 valence electrons. The van der Waals surface area contributed by atoms with E-state index in [1.165, 1.54) is 18.2 Å². The molecule has 2 aromatic carbocycles. The molecule has 0 fully saturated rings. The van der Waals surface area contributed by atoms with Crippen LogP contribution < -0.4 is 15.2 Å². The second kappa shape index (κ2) is 7.08. The van der Waals surface area contributed by atoms with Gasteiger partial charge in [0.25, 0.3) is 0 Å². The second-order valence-electron chi connectivity index (χ2n) is 4.21. The Bertz CT molecular complexity index is 649. The van der Waals surface area contributed by atoms with Gasteiger partial charge < -0.3 is 15.2 Å². The number of halogens is 2. The van der Waals surface area contributed by atoms with E-state index >= 15 is 0 Å². The minimum absolute atomic E-state index is 0.109. The van der Waals surface area contributed by atoms with Gasteiger partial charge in [0.15, 0.2) is 11.6 Å². The van der Waals surface area contributed by atoms with E-state index in [0.29, 0.717) is 17.9 Å². The van der Waals surface area contributed by atoms with Crippen LogP contribution >= 0.6 is 15.9 Å². The highest BCUT2D eigenvalue weighted by Crippen LogP contribution is 2.19. The topological polar surface area (TPSA) is 68.3 Å². The molecule has 0 saturated carbocycles. The molecule has 3 N–H and O–H groups in total. The predicted molar refractivity (Wildman–Crippen MR) is 82.5 cm³/mol. The molecule has 0 aliphatic heterocycles. The largest absolute Gasteiger partial charge is 0.490 e. The fourth-order valence-corrected chi connectivity index (χ4v) is 2.03. The molecule has 0 radical (unpaired) electrons. The monoisotopic (exact) mass is 352 g/mol. The Balaban J connectivity index is 1.85. The second-order valence-corrected chi connectivity index (χ2v) is 5.13. The number of hydrogen-bond donors (Lipinski definition) is 2. The zero-order chi connectivity index (χ0) is 15.2. The van der Waals surface area contributed by atoms with Crippen molar-refractivity contribution >= 4 is 21.8 Å². The summed E-state index contributed by atoms with van der Waals surface area (Å²) < 4.78 is 25.4. The summed E-state index contributed by atoms with van der Waals surface area (Å²) in [6.07, 6.45) is 0. The smallest absolute Gasteiger partial charge is 0.165 e. The Morgan fingerprint density at radius 1 is 1.14 bits per heavy atom. The van der Waals surface area contributed by atoms with E-state index in [-0.39, 0.29) is 18.2 Å². The van der Waals surface area contributed by atoms with Gasteiger partial charge in [0.1, 0.15) is 24.8 Å². The number of benzene rings is 2. The molecule has 2 aromatic rings. The van der Waals surface area contributed by atoms with Gasteiger partial charge in [-0.3, -0.25) is 5.41 Å². The first-order valence-electron chi connectivity index (χ1n) is 6.21. The number of ether oxygens (including phenoxy) is 2. The van der Waals surface area contributed by atoms with E-state index in [2.05, 4.69) is 15.9 Å². The highest BCUT2D eigenvalue weighted by atomic mass is 79.9. The molecule has 0 aromatic heterocycles. The zero-order valence-electron chi connectivity index (χ0n) is 11.1. The maximum atomic E-state index is 13.7. The molecule has 21 heavy (non-hydrogen) atoms. The van der Waals surface area contributed by atoms with Gasteiger partial charge in [-0.15, -0.1) is 0 Å². The molecule has 6 heteroatoms. The molecule has 4 nitrogen and oxygen atoms in total. The Morgan fingerprint density at radius 2 is 1.90 bits per heavy atom. The van der Waals surface area contributed by atoms with Crippen LogP contribution in [0.4, 0.5) is 4.39 Å². The molecule has 2 rings (SSSR count). The van der Waals surface area contributed by atoms with E-state index in [1.807, 2.05) is 24.3 Å². The van der Waals surface area contributed by atoms with Gasteiger partial charge in [-0.25, -0.2) is 4.39 Å². The molecular formula is C15H14BrFN2O2. The van der Waals surface area contributed by atoms with Crippen LogP contribution in [0.2, 0.25) is 0 Å². The van der Waals surface area contributed by atoms with Crippen molar-refractivity contribution in [2.75, 3.05) is 13.2 Å². The van der Waals surface area contributed by atoms with E-state index in [1.54, 1.807) is 0 Å². The Kier molecular flexibility index (Phi) is 5.16. The van der Waals surface area contributed by atoms with Gasteiger partial charge in [-0.1, -0.05) is 22.0 Å². The standard InChI is InChI=1S/C15H14BrFN2O2/c16-11-2-1-3-12(9-11)20-6-7-21-14-5-4-10(15(18)19)8-13(14)17/h1-5,8-9H,6-7H2,(H3,18,19). The number of nitrogens with one attached hydrogen (secondary N) is 1. The number of nitrogens with two attached hydrogens (primary N) is 1. The highest BCUT2D eigenvalue weighted by Gasteiger charge is 2.06. The normalized spacial score (nSPS) is 10.2. The predicted octanol–water partition coefficient (Wildman–Crippen LogP) is 3.33. The SMILES string of the molecule is N=C(N)c1ccc(OCCOc2cccc(Br)c2)c(F)c1. The van der Waals surface area contributed by atoms with Crippen LogP contribution in [0, 0.1) is 11.2 Å². The fraction of sp³-hybridized carbons (Fsp3) is 0.133. The van der Waals surface area contributed by atoms with E-state index < -0.39 is 5.82 Å². The summed E-state index contributed by atoms with van der Waals surface area (Å²) in [6, 6.07) is 11.6. The molecule has 0 aliphatic rings. The first-order chi connectivity index (χ1) is 10.1. The van der Waals surface area contributed by atoms with Crippen molar-refractivity contribution in [2.24, 2.45) is 5.73 Å². The van der Waals surface area contributed by atoms with Crippen LogP contribution in [-0.2, 0) is 0 Å². The average Bonchev–Trinajstić information content (AvgIpc) is 2.45. The molecule has 0 amide bonds. The minimum Gasteiger partial charge on any atom is -0.490 e. The van der Waals surface area contributed by atoms with Gasteiger partial charge in [0.05, 0.1) is 0 Å². The Hall–Kier alpha value is -2.08. The van der Waals surface area contributed by atoms with Crippen molar-refractivity contribution in [3.63, 3.8) is 0 Å². The van der Waals surface area contributed by atoms with Crippen LogP contribution in [0.3, 0.4) is 0 Å². The first kappa shape index (κ1) is 15.3. The summed E-state index contributed by atoms with van der Waals surface area (Å²) in [5.74, 6) is 0.0850. The van der Waals surface area contributed by atoms with Gasteiger partial charge in [-0.2, -0.15) is 0 Å². The molecule has 0 spiro atoms. The lowest BCUT2D eigenvalue weighted by atomic mass is 10.2. The van der Waals surface area contributed by atoms with Crippen molar-refractivity contribution in [3.05, 3.63) is 58.3 Å². The van der Waals surface area contributed by atoms with Crippen molar-refractivity contribution in [3.8, 4) is 11.5 Å². The lowest BCUT2D eigenvalue weighted by Gasteiger charge is -2.10. The van der Waals surface area contributed by atoms with Crippen molar-refractivity contribution in [2.45, 2.75) is 0 Å². The van der Waals surface area contributed by atoms with E-state index in [4.69, 9.17) is 20.6 Å². The fourth-order valence-electron chi connectivity index (χ4n) is 1.65. The molecule has 0 bridgehead atoms. The minimum atomic E-state index is -0.551. The van der Waals surface area contributed by atoms with Crippen LogP contribution in [0.1, 0.15) is 5.56 Å². The lowest BCUT2D eigenvalue weighted by molar-refractivity contribution is 0.211. The maximum Gasteiger partial charge on any atom is 0.165 e. The third-order valence-corrected chi connectivity index (χ3v) is 3.14. The maximum absolute atomic E-state index is 13.7. The molecule has 0 unspecified atom stereocenters. The first-order valence-corrected chi connectivity index (χ1v) is 7.00. The summed E-state index contributed by atoms with van der Waals surface area (Å²) in [4.78, 5) is 0. The summed E-state index contributed by atoms with van der Waals surface area (Å²) in [7, 11) is 0. The lowest BCUT2D eigenvalue weighted by Crippen LogP contribution is -2.12. The average molecular weight is 353 g/mol. The van der Waals surface area contributed by atoms with Crippen LogP contribution in [-0.4, -0.2) is 19.0 Å². The van der Waals surface area contributed by atoms with Crippen LogP contribution in [0.5, 0.6) is 11.5 Å². The number of rotatable bonds is 6. The number of hydrogen-bond acceptors (Lipinski definition) is 3. The van der Waals surface area contributed by atoms with Gasteiger partial charge in [0, 0.05) is 10.0 Å². The number of amidine groups is 1. The molecule has 0 heterocycles. The van der Waals surface area contributed by atoms with Crippen LogP contribution in [0.15, 0.2) is 46.9 Å². The van der Waals surface area contributed by atoms with Crippen molar-refractivity contribution < 1.29 is 13.9 Å². The number of nitrogen functional groups attached to an aromatic ring is 1. The Morgan fingerprint density at radius 3 is 2.57 bits per heavy atom. The highest BCUT2D eigenvalue weighted by molar-refractivity contribution is 9.10. The molecule has 0 atom stereocenters. The molecule has 0 aliphatic carbocycles. The Labute approximate surface area is 130 Å². The van der Waals surface area contributed by atoms with Crippen LogP contribution in [0.25, 0.3) is 0 Å².